The Morgan fingerprint density at radius 2 is 0.622 bits per heavy atom. The number of unbranched alkanes of at least 4 members (excludes halogenated alkanes) is 27. The molecule has 0 aromatic carbocycles. The van der Waals surface area contributed by atoms with Crippen LogP contribution in [-0.2, 0) is 9.53 Å². The zero-order chi connectivity index (χ0) is 26.2. The first kappa shape index (κ1) is 39.6. The summed E-state index contributed by atoms with van der Waals surface area (Å²) >= 11 is 0. The minimum absolute atomic E-state index is 0. The van der Waals surface area contributed by atoms with Crippen LogP contribution in [0.2, 0.25) is 0 Å². The molecular weight excluding hydrogens is 463 g/mol. The van der Waals surface area contributed by atoms with Crippen LogP contribution in [0.15, 0.2) is 0 Å². The van der Waals surface area contributed by atoms with Gasteiger partial charge in [-0.3, -0.25) is 4.79 Å². The number of ether oxygens (including phenoxy) is 1. The summed E-state index contributed by atoms with van der Waals surface area (Å²) in [7, 11) is 0. The Morgan fingerprint density at radius 1 is 0.378 bits per heavy atom. The second-order valence-corrected chi connectivity index (χ2v) is 11.5. The summed E-state index contributed by atoms with van der Waals surface area (Å²) in [5, 5.41) is 0. The molecule has 0 aliphatic rings. The molecule has 0 spiro atoms. The van der Waals surface area contributed by atoms with Crippen molar-refractivity contribution in [3.05, 3.63) is 0 Å². The third-order valence-corrected chi connectivity index (χ3v) is 7.75. The van der Waals surface area contributed by atoms with E-state index in [1.165, 1.54) is 173 Å². The quantitative estimate of drug-likeness (QED) is 0.0506. The largest absolute Gasteiger partial charge is 1.00 e. The van der Waals surface area contributed by atoms with Crippen LogP contribution >= 0.6 is 0 Å². The molecule has 0 rings (SSSR count). The van der Waals surface area contributed by atoms with E-state index in [2.05, 4.69) is 13.8 Å². The summed E-state index contributed by atoms with van der Waals surface area (Å²) in [5.41, 5.74) is 0. The van der Waals surface area contributed by atoms with Crippen LogP contribution in [0.5, 0.6) is 0 Å². The van der Waals surface area contributed by atoms with Gasteiger partial charge in [0.2, 0.25) is 0 Å². The predicted octanol–water partition coefficient (Wildman–Crippen LogP) is 9.28. The molecular formula is C34H68NaO2+. The second kappa shape index (κ2) is 36.5. The van der Waals surface area contributed by atoms with E-state index in [4.69, 9.17) is 4.74 Å². The Balaban J connectivity index is 0. The average Bonchev–Trinajstić information content (AvgIpc) is 2.88. The number of hydrogen-bond donors (Lipinski definition) is 0. The first-order chi connectivity index (χ1) is 17.8. The van der Waals surface area contributed by atoms with E-state index in [-0.39, 0.29) is 35.5 Å². The van der Waals surface area contributed by atoms with E-state index < -0.39 is 0 Å². The summed E-state index contributed by atoms with van der Waals surface area (Å²) in [5.74, 6) is 0.0272. The minimum atomic E-state index is 0. The maximum absolute atomic E-state index is 11.9. The van der Waals surface area contributed by atoms with Gasteiger partial charge in [0.15, 0.2) is 0 Å². The van der Waals surface area contributed by atoms with E-state index in [1.807, 2.05) is 0 Å². The van der Waals surface area contributed by atoms with Crippen molar-refractivity contribution in [3.8, 4) is 0 Å². The fourth-order valence-corrected chi connectivity index (χ4v) is 5.20. The number of hydrogen-bond acceptors (Lipinski definition) is 2. The molecule has 0 saturated carbocycles. The van der Waals surface area contributed by atoms with Gasteiger partial charge in [-0.1, -0.05) is 187 Å². The Hall–Kier alpha value is 0.470. The maximum atomic E-state index is 11.9. The third-order valence-electron chi connectivity index (χ3n) is 7.75. The normalized spacial score (nSPS) is 11.0. The number of carbonyl (C=O) groups is 1. The van der Waals surface area contributed by atoms with E-state index >= 15 is 0 Å². The Morgan fingerprint density at radius 3 is 0.919 bits per heavy atom. The summed E-state index contributed by atoms with van der Waals surface area (Å²) < 4.78 is 5.43. The molecule has 0 aromatic rings. The van der Waals surface area contributed by atoms with E-state index in [9.17, 15) is 4.79 Å². The number of carbonyl (C=O) groups excluding carboxylic acids is 1. The van der Waals surface area contributed by atoms with Crippen molar-refractivity contribution < 1.29 is 39.1 Å². The topological polar surface area (TPSA) is 26.3 Å². The zero-order valence-electron chi connectivity index (χ0n) is 26.2. The van der Waals surface area contributed by atoms with Crippen molar-refractivity contribution in [2.75, 3.05) is 6.61 Å². The summed E-state index contributed by atoms with van der Waals surface area (Å²) in [6.07, 6.45) is 40.1. The number of esters is 1. The SMILES string of the molecule is CCCCCCCCCCCCCCCCCC(=O)OCCCCCCCCCCCCCCCC.[Na+]. The molecule has 0 saturated heterocycles. The van der Waals surface area contributed by atoms with Crippen molar-refractivity contribution >= 4 is 5.97 Å². The van der Waals surface area contributed by atoms with Crippen molar-refractivity contribution in [3.63, 3.8) is 0 Å². The molecule has 0 heterocycles. The van der Waals surface area contributed by atoms with Gasteiger partial charge < -0.3 is 4.74 Å². The molecule has 0 aliphatic heterocycles. The molecule has 0 unspecified atom stereocenters. The van der Waals surface area contributed by atoms with Gasteiger partial charge in [0.05, 0.1) is 6.61 Å². The van der Waals surface area contributed by atoms with Crippen molar-refractivity contribution in [1.29, 1.82) is 0 Å². The molecule has 0 radical (unpaired) electrons. The summed E-state index contributed by atoms with van der Waals surface area (Å²) in [6, 6.07) is 0. The molecule has 3 heteroatoms. The van der Waals surface area contributed by atoms with Crippen LogP contribution < -0.4 is 29.6 Å². The average molecular weight is 532 g/mol. The van der Waals surface area contributed by atoms with Gasteiger partial charge in [-0.2, -0.15) is 0 Å². The fraction of sp³-hybridized carbons (Fsp3) is 0.971. The molecule has 0 aliphatic carbocycles. The first-order valence-corrected chi connectivity index (χ1v) is 17.0. The Labute approximate surface area is 256 Å². The van der Waals surface area contributed by atoms with E-state index in [0.29, 0.717) is 13.0 Å². The van der Waals surface area contributed by atoms with Crippen molar-refractivity contribution in [1.82, 2.24) is 0 Å². The number of rotatable bonds is 31. The molecule has 0 N–H and O–H groups in total. The van der Waals surface area contributed by atoms with Gasteiger partial charge in [-0.15, -0.1) is 0 Å². The fourth-order valence-electron chi connectivity index (χ4n) is 5.20. The molecule has 37 heavy (non-hydrogen) atoms. The molecule has 216 valence electrons. The summed E-state index contributed by atoms with van der Waals surface area (Å²) in [6.45, 7) is 5.21. The van der Waals surface area contributed by atoms with Gasteiger partial charge in [0.25, 0.3) is 0 Å². The third kappa shape index (κ3) is 36.5. The molecule has 0 bridgehead atoms. The second-order valence-electron chi connectivity index (χ2n) is 11.5. The van der Waals surface area contributed by atoms with Crippen LogP contribution in [0.4, 0.5) is 0 Å². The van der Waals surface area contributed by atoms with Gasteiger partial charge in [0, 0.05) is 6.42 Å². The van der Waals surface area contributed by atoms with Crippen LogP contribution in [0.1, 0.15) is 206 Å². The maximum Gasteiger partial charge on any atom is 1.00 e. The van der Waals surface area contributed by atoms with Gasteiger partial charge >= 0.3 is 35.5 Å². The Kier molecular flexibility index (Phi) is 39.0. The van der Waals surface area contributed by atoms with Gasteiger partial charge in [-0.25, -0.2) is 0 Å². The van der Waals surface area contributed by atoms with Crippen LogP contribution in [0.25, 0.3) is 0 Å². The predicted molar refractivity (Wildman–Crippen MR) is 161 cm³/mol. The molecule has 0 amide bonds. The monoisotopic (exact) mass is 532 g/mol. The molecule has 0 atom stereocenters. The molecule has 0 aromatic heterocycles. The van der Waals surface area contributed by atoms with Crippen LogP contribution in [0.3, 0.4) is 0 Å². The van der Waals surface area contributed by atoms with Gasteiger partial charge in [-0.05, 0) is 12.8 Å². The van der Waals surface area contributed by atoms with Crippen LogP contribution in [-0.4, -0.2) is 12.6 Å². The van der Waals surface area contributed by atoms with E-state index in [1.54, 1.807) is 0 Å². The van der Waals surface area contributed by atoms with Crippen molar-refractivity contribution in [2.24, 2.45) is 0 Å². The van der Waals surface area contributed by atoms with Gasteiger partial charge in [0.1, 0.15) is 0 Å². The zero-order valence-corrected chi connectivity index (χ0v) is 28.2. The summed E-state index contributed by atoms with van der Waals surface area (Å²) in [4.78, 5) is 11.9. The van der Waals surface area contributed by atoms with Crippen LogP contribution in [0, 0.1) is 0 Å². The Bertz CT molecular complexity index is 377. The molecule has 2 nitrogen and oxygen atoms in total. The smallest absolute Gasteiger partial charge is 0.466 e. The molecule has 0 fully saturated rings. The minimum Gasteiger partial charge on any atom is -0.466 e. The van der Waals surface area contributed by atoms with E-state index in [0.717, 1.165) is 12.8 Å². The van der Waals surface area contributed by atoms with Crippen molar-refractivity contribution in [2.45, 2.75) is 206 Å². The first-order valence-electron chi connectivity index (χ1n) is 17.0. The standard InChI is InChI=1S/C34H68O2.Na/c1-3-5-7-9-11-13-15-17-19-20-22-24-26-28-30-32-34(35)36-33-31-29-27-25-23-21-18-16-14-12-10-8-6-4-2;/h3-33H2,1-2H3;/q;+1.